The van der Waals surface area contributed by atoms with Crippen LogP contribution in [0.25, 0.3) is 0 Å². The van der Waals surface area contributed by atoms with Gasteiger partial charge in [0.05, 0.1) is 0 Å². The Bertz CT molecular complexity index is 221. The van der Waals surface area contributed by atoms with Crippen LogP contribution in [0.4, 0.5) is 0 Å². The van der Waals surface area contributed by atoms with Crippen molar-refractivity contribution < 1.29 is 0 Å². The van der Waals surface area contributed by atoms with Gasteiger partial charge in [0.2, 0.25) is 0 Å². The number of benzene rings is 1. The van der Waals surface area contributed by atoms with Crippen LogP contribution >= 0.6 is 17.9 Å². The summed E-state index contributed by atoms with van der Waals surface area (Å²) in [6.45, 7) is 2.05. The molecule has 0 fully saturated rings. The van der Waals surface area contributed by atoms with Crippen molar-refractivity contribution in [2.75, 3.05) is 0 Å². The van der Waals surface area contributed by atoms with E-state index in [1.165, 1.54) is 0 Å². The second-order valence-electron chi connectivity index (χ2n) is 2.18. The van der Waals surface area contributed by atoms with Crippen LogP contribution in [0.3, 0.4) is 0 Å². The molecule has 0 aliphatic carbocycles. The zero-order valence-corrected chi connectivity index (χ0v) is 10.1. The van der Waals surface area contributed by atoms with Gasteiger partial charge in [0.1, 0.15) is 0 Å². The topological polar surface area (TPSA) is 0 Å². The van der Waals surface area contributed by atoms with E-state index in [1.807, 2.05) is 37.3 Å². The number of hydrogen-bond donors (Lipinski definition) is 0. The molecule has 0 N–H and O–H groups in total. The Morgan fingerprint density at radius 1 is 1.18 bits per heavy atom. The van der Waals surface area contributed by atoms with E-state index < -0.39 is 15.9 Å². The first-order valence-corrected chi connectivity index (χ1v) is 12.1. The van der Waals surface area contributed by atoms with E-state index in [9.17, 15) is 0 Å². The van der Waals surface area contributed by atoms with Gasteiger partial charge in [-0.25, -0.2) is 0 Å². The molecular weight excluding hydrogens is 295 g/mol. The monoisotopic (exact) mass is 306 g/mol. The minimum absolute atomic E-state index is 0.912. The van der Waals surface area contributed by atoms with Crippen LogP contribution in [0.1, 0.15) is 6.92 Å². The Morgan fingerprint density at radius 3 is 2.18 bits per heavy atom. The van der Waals surface area contributed by atoms with Crippen molar-refractivity contribution in [3.05, 3.63) is 30.3 Å². The molecule has 1 aromatic carbocycles. The summed E-state index contributed by atoms with van der Waals surface area (Å²) in [6, 6.07) is 9.98. The van der Waals surface area contributed by atoms with Gasteiger partial charge in [-0.15, -0.1) is 0 Å². The van der Waals surface area contributed by atoms with E-state index in [4.69, 9.17) is 17.9 Å². The number of hydrogen-bond acceptors (Lipinski definition) is 0. The van der Waals surface area contributed by atoms with Crippen molar-refractivity contribution >= 4 is 37.5 Å². The van der Waals surface area contributed by atoms with Crippen LogP contribution in [0.15, 0.2) is 30.3 Å². The van der Waals surface area contributed by atoms with Crippen molar-refractivity contribution in [1.82, 2.24) is 0 Å². The molecule has 62 valence electrons. The predicted octanol–water partition coefficient (Wildman–Crippen LogP) is 2.83. The van der Waals surface area contributed by atoms with Crippen molar-refractivity contribution in [2.24, 2.45) is 0 Å². The Hall–Kier alpha value is 0.590. The van der Waals surface area contributed by atoms with E-state index in [-0.39, 0.29) is 0 Å². The third-order valence-electron chi connectivity index (χ3n) is 1.45. The minimum atomic E-state index is -2.62. The Labute approximate surface area is 78.8 Å². The van der Waals surface area contributed by atoms with Gasteiger partial charge in [0.25, 0.3) is 0 Å². The van der Waals surface area contributed by atoms with Crippen LogP contribution in [0.2, 0.25) is 4.47 Å². The molecule has 0 saturated heterocycles. The molecule has 0 unspecified atom stereocenters. The Morgan fingerprint density at radius 2 is 1.73 bits per heavy atom. The fraction of sp³-hybridized carbons (Fsp3) is 0.250. The summed E-state index contributed by atoms with van der Waals surface area (Å²) in [5.41, 5.74) is 0. The van der Waals surface area contributed by atoms with Crippen LogP contribution in [-0.2, 0) is 0 Å². The van der Waals surface area contributed by atoms with E-state index >= 15 is 0 Å². The van der Waals surface area contributed by atoms with Gasteiger partial charge in [-0.2, -0.15) is 0 Å². The molecule has 0 atom stereocenters. The van der Waals surface area contributed by atoms with E-state index in [2.05, 4.69) is 0 Å². The maximum atomic E-state index is 6.20. The summed E-state index contributed by atoms with van der Waals surface area (Å²) < 4.78 is 2.07. The summed E-state index contributed by atoms with van der Waals surface area (Å²) in [4.78, 5) is 0. The Balaban J connectivity index is 2.93. The molecule has 0 aliphatic rings. The predicted molar refractivity (Wildman–Crippen MR) is 54.0 cm³/mol. The summed E-state index contributed by atoms with van der Waals surface area (Å²) in [7, 11) is 12.4. The second kappa shape index (κ2) is 4.01. The summed E-state index contributed by atoms with van der Waals surface area (Å²) >= 11 is -2.62. The van der Waals surface area contributed by atoms with Gasteiger partial charge in [-0.05, 0) is 0 Å². The molecule has 0 heterocycles. The zero-order valence-electron chi connectivity index (χ0n) is 6.26. The first-order chi connectivity index (χ1) is 5.17. The fourth-order valence-electron chi connectivity index (χ4n) is 0.786. The molecule has 0 nitrogen and oxygen atoms in total. The molecule has 0 bridgehead atoms. The molecule has 0 aromatic heterocycles. The quantitative estimate of drug-likeness (QED) is 0.737. The molecule has 11 heavy (non-hydrogen) atoms. The van der Waals surface area contributed by atoms with E-state index in [0.29, 0.717) is 0 Å². The van der Waals surface area contributed by atoms with Crippen LogP contribution in [0, 0.1) is 0 Å². The first kappa shape index (κ1) is 9.68. The van der Waals surface area contributed by atoms with E-state index in [0.717, 1.165) is 8.08 Å². The molecule has 0 amide bonds. The van der Waals surface area contributed by atoms with Crippen LogP contribution in [-0.4, -0.2) is 15.9 Å². The van der Waals surface area contributed by atoms with E-state index in [1.54, 1.807) is 0 Å². The second-order valence-corrected chi connectivity index (χ2v) is 16.6. The van der Waals surface area contributed by atoms with Crippen molar-refractivity contribution in [3.63, 3.8) is 0 Å². The van der Waals surface area contributed by atoms with Crippen LogP contribution < -0.4 is 3.61 Å². The van der Waals surface area contributed by atoms with Gasteiger partial charge >= 0.3 is 79.2 Å². The third kappa shape index (κ3) is 2.53. The van der Waals surface area contributed by atoms with Gasteiger partial charge in [-0.3, -0.25) is 0 Å². The van der Waals surface area contributed by atoms with Gasteiger partial charge in [0, 0.05) is 0 Å². The molecule has 1 rings (SSSR count). The molecule has 0 radical (unpaired) electrons. The van der Waals surface area contributed by atoms with Crippen molar-refractivity contribution in [1.29, 1.82) is 0 Å². The Kier molecular flexibility index (Phi) is 3.52. The summed E-state index contributed by atoms with van der Waals surface area (Å²) in [5, 5.41) is 0. The number of halogens is 2. The van der Waals surface area contributed by atoms with Crippen molar-refractivity contribution in [2.45, 2.75) is 11.4 Å². The molecule has 3 heteroatoms. The van der Waals surface area contributed by atoms with Gasteiger partial charge < -0.3 is 0 Å². The molecular formula is C8H10Cl2Te. The fourth-order valence-corrected chi connectivity index (χ4v) is 4.70. The molecule has 0 spiro atoms. The zero-order chi connectivity index (χ0) is 8.32. The average molecular weight is 305 g/mol. The number of rotatable bonds is 2. The molecule has 0 saturated carbocycles. The third-order valence-corrected chi connectivity index (χ3v) is 11.6. The maximum absolute atomic E-state index is 6.20. The average Bonchev–Trinajstić information content (AvgIpc) is 2.06. The molecule has 1 aromatic rings. The molecule has 0 aliphatic heterocycles. The van der Waals surface area contributed by atoms with Gasteiger partial charge in [-0.1, -0.05) is 0 Å². The van der Waals surface area contributed by atoms with Crippen LogP contribution in [0.5, 0.6) is 0 Å². The van der Waals surface area contributed by atoms with Gasteiger partial charge in [0.15, 0.2) is 0 Å². The normalized spacial score (nSPS) is 13.0. The SMILES string of the molecule is CC[Te](Cl)(Cl)c1ccccc1. The first-order valence-electron chi connectivity index (χ1n) is 3.42. The summed E-state index contributed by atoms with van der Waals surface area (Å²) in [5.74, 6) is 0. The van der Waals surface area contributed by atoms with Crippen molar-refractivity contribution in [3.8, 4) is 0 Å². The standard InChI is InChI=1S/C8H10Cl2Te/c1-2-11(9,10)8-6-4-3-5-7-8/h3-7H,2H2,1H3. The summed E-state index contributed by atoms with van der Waals surface area (Å²) in [6.07, 6.45) is 0.